The van der Waals surface area contributed by atoms with Crippen molar-refractivity contribution in [2.24, 2.45) is 5.73 Å². The summed E-state index contributed by atoms with van der Waals surface area (Å²) in [5.74, 6) is -3.52. The van der Waals surface area contributed by atoms with E-state index in [2.05, 4.69) is 10.3 Å². The summed E-state index contributed by atoms with van der Waals surface area (Å²) in [4.78, 5) is 26.2. The van der Waals surface area contributed by atoms with Gasteiger partial charge in [-0.15, -0.1) is 11.3 Å². The Morgan fingerprint density at radius 1 is 1.50 bits per heavy atom. The summed E-state index contributed by atoms with van der Waals surface area (Å²) in [6, 6.07) is 3.09. The zero-order valence-electron chi connectivity index (χ0n) is 12.8. The largest absolute Gasteiger partial charge is 0.755 e. The van der Waals surface area contributed by atoms with Crippen LogP contribution >= 0.6 is 11.3 Å². The highest BCUT2D eigenvalue weighted by Crippen LogP contribution is 2.34. The van der Waals surface area contributed by atoms with E-state index in [4.69, 9.17) is 16.2 Å². The van der Waals surface area contributed by atoms with Crippen LogP contribution in [-0.4, -0.2) is 36.6 Å². The quantitative estimate of drug-likeness (QED) is 0.307. The molecule has 0 fully saturated rings. The molecule has 10 nitrogen and oxygen atoms in total. The number of carbonyl (C=O) groups is 2. The van der Waals surface area contributed by atoms with Crippen molar-refractivity contribution >= 4 is 56.7 Å². The van der Waals surface area contributed by atoms with Crippen LogP contribution in [0.2, 0.25) is 0 Å². The number of amidine groups is 1. The molecule has 1 aromatic carbocycles. The van der Waals surface area contributed by atoms with Crippen molar-refractivity contribution in [3.05, 3.63) is 35.2 Å². The average Bonchev–Trinajstić information content (AvgIpc) is 2.98. The summed E-state index contributed by atoms with van der Waals surface area (Å²) in [7, 11) is 0. The summed E-state index contributed by atoms with van der Waals surface area (Å²) in [5.41, 5.74) is 5.28. The van der Waals surface area contributed by atoms with E-state index in [1.165, 1.54) is 6.07 Å². The third-order valence-electron chi connectivity index (χ3n) is 2.90. The summed E-state index contributed by atoms with van der Waals surface area (Å²) in [6.45, 7) is 0. The zero-order valence-corrected chi connectivity index (χ0v) is 14.4. The number of carbonyl (C=O) groups excluding carboxylic acids is 1. The molecule has 0 aliphatic heterocycles. The van der Waals surface area contributed by atoms with Crippen LogP contribution in [0.15, 0.2) is 23.7 Å². The second-order valence-electron chi connectivity index (χ2n) is 4.74. The van der Waals surface area contributed by atoms with Gasteiger partial charge in [0.1, 0.15) is 16.7 Å². The van der Waals surface area contributed by atoms with Gasteiger partial charge >= 0.3 is 5.97 Å². The molecule has 0 saturated carbocycles. The minimum atomic E-state index is -2.95. The smallest absolute Gasteiger partial charge is 0.357 e. The molecule has 1 atom stereocenters. The number of aromatic nitrogens is 1. The lowest BCUT2D eigenvalue weighted by molar-refractivity contribution is -0.115. The molecule has 2 rings (SSSR count). The molecule has 0 saturated heterocycles. The molecular weight excluding hydrogens is 389 g/mol. The Morgan fingerprint density at radius 3 is 2.73 bits per heavy atom. The fourth-order valence-corrected chi connectivity index (χ4v) is 3.43. The minimum absolute atomic E-state index is 0.188. The number of hydrogen-bond acceptors (Lipinski definition) is 7. The minimum Gasteiger partial charge on any atom is -0.755 e. The van der Waals surface area contributed by atoms with E-state index in [0.717, 1.165) is 29.0 Å². The van der Waals surface area contributed by atoms with E-state index in [1.54, 1.807) is 0 Å². The Balaban J connectivity index is 2.36. The maximum Gasteiger partial charge on any atom is 0.357 e. The molecule has 1 heterocycles. The van der Waals surface area contributed by atoms with E-state index in [9.17, 15) is 22.7 Å². The van der Waals surface area contributed by atoms with E-state index < -0.39 is 46.9 Å². The van der Waals surface area contributed by atoms with Crippen LogP contribution in [0.1, 0.15) is 16.9 Å². The summed E-state index contributed by atoms with van der Waals surface area (Å²) < 4.78 is 37.9. The van der Waals surface area contributed by atoms with Crippen LogP contribution in [-0.2, 0) is 16.1 Å². The van der Waals surface area contributed by atoms with Gasteiger partial charge in [0.05, 0.1) is 34.6 Å². The van der Waals surface area contributed by atoms with Crippen molar-refractivity contribution in [1.82, 2.24) is 4.98 Å². The van der Waals surface area contributed by atoms with Crippen LogP contribution < -0.4 is 15.4 Å². The molecule has 138 valence electrons. The standard InChI is InChI=1S/C13H12FN5O5S2/c14-7-3-6(1-2-8(7)18-10(20)4-9(15)16)19(26(23)24)12-11(13(21)22)17-5-25-12/h1-3,5H,4H2,(H3,15,16)(H,18,20)(H,21,22)(H,23,24)/p-1. The van der Waals surface area contributed by atoms with E-state index in [1.807, 2.05) is 0 Å². The highest BCUT2D eigenvalue weighted by Gasteiger charge is 2.23. The number of benzene rings is 1. The zero-order chi connectivity index (χ0) is 19.4. The lowest BCUT2D eigenvalue weighted by Gasteiger charge is -2.25. The van der Waals surface area contributed by atoms with Gasteiger partial charge in [-0.25, -0.2) is 14.2 Å². The number of hydrogen-bond donors (Lipinski definition) is 4. The Labute approximate surface area is 152 Å². The first-order chi connectivity index (χ1) is 12.2. The number of thiazole rings is 1. The maximum atomic E-state index is 14.2. The third kappa shape index (κ3) is 4.38. The number of carboxylic acid groups (broad SMARTS) is 1. The van der Waals surface area contributed by atoms with Crippen molar-refractivity contribution in [3.8, 4) is 0 Å². The van der Waals surface area contributed by atoms with Gasteiger partial charge in [0, 0.05) is 6.07 Å². The predicted octanol–water partition coefficient (Wildman–Crippen LogP) is 1.18. The van der Waals surface area contributed by atoms with Crippen LogP contribution in [0.5, 0.6) is 0 Å². The highest BCUT2D eigenvalue weighted by atomic mass is 32.2. The first kappa shape index (κ1) is 19.4. The second kappa shape index (κ2) is 7.99. The normalized spacial score (nSPS) is 11.6. The van der Waals surface area contributed by atoms with E-state index in [-0.39, 0.29) is 16.4 Å². The average molecular weight is 400 g/mol. The SMILES string of the molecule is N=C(N)CC(=O)Nc1ccc(N(c2scnc2C(=O)O)S(=O)[O-])cc1F. The first-order valence-electron chi connectivity index (χ1n) is 6.69. The fourth-order valence-electron chi connectivity index (χ4n) is 1.90. The molecule has 0 radical (unpaired) electrons. The van der Waals surface area contributed by atoms with Gasteiger partial charge in [-0.2, -0.15) is 0 Å². The summed E-state index contributed by atoms with van der Waals surface area (Å²) in [5, 5.41) is 18.0. The van der Waals surface area contributed by atoms with Crippen molar-refractivity contribution in [1.29, 1.82) is 5.41 Å². The van der Waals surface area contributed by atoms with Gasteiger partial charge in [0.25, 0.3) is 0 Å². The Bertz CT molecular complexity index is 903. The number of aromatic carboxylic acids is 1. The number of nitrogens with zero attached hydrogens (tertiary/aromatic N) is 2. The molecule has 0 aliphatic rings. The number of anilines is 3. The van der Waals surface area contributed by atoms with Gasteiger partial charge < -0.3 is 20.7 Å². The number of nitrogens with two attached hydrogens (primary N) is 1. The van der Waals surface area contributed by atoms with Gasteiger partial charge in [0.15, 0.2) is 5.69 Å². The summed E-state index contributed by atoms with van der Waals surface area (Å²) in [6.07, 6.45) is -0.430. The molecule has 1 unspecified atom stereocenters. The van der Waals surface area contributed by atoms with Crippen LogP contribution in [0.3, 0.4) is 0 Å². The van der Waals surface area contributed by atoms with Gasteiger partial charge in [-0.3, -0.25) is 18.7 Å². The van der Waals surface area contributed by atoms with Gasteiger partial charge in [0.2, 0.25) is 5.91 Å². The molecule has 2 aromatic rings. The van der Waals surface area contributed by atoms with E-state index in [0.29, 0.717) is 4.31 Å². The number of nitrogens with one attached hydrogen (secondary N) is 2. The molecule has 1 amide bonds. The molecule has 5 N–H and O–H groups in total. The maximum absolute atomic E-state index is 14.2. The monoisotopic (exact) mass is 400 g/mol. The van der Waals surface area contributed by atoms with Crippen LogP contribution in [0.4, 0.5) is 20.8 Å². The molecule has 1 aromatic heterocycles. The number of rotatable bonds is 7. The topological polar surface area (TPSA) is 173 Å². The Hall–Kier alpha value is -2.90. The number of carboxylic acids is 1. The number of amides is 1. The predicted molar refractivity (Wildman–Crippen MR) is 91.7 cm³/mol. The lowest BCUT2D eigenvalue weighted by Crippen LogP contribution is -2.22. The third-order valence-corrected chi connectivity index (χ3v) is 4.51. The highest BCUT2D eigenvalue weighted by molar-refractivity contribution is 7.81. The van der Waals surface area contributed by atoms with Crippen molar-refractivity contribution in [2.45, 2.75) is 6.42 Å². The Morgan fingerprint density at radius 2 is 2.19 bits per heavy atom. The molecule has 0 bridgehead atoms. The molecular formula is C13H11FN5O5S2-. The Kier molecular flexibility index (Phi) is 5.97. The van der Waals surface area contributed by atoms with Crippen molar-refractivity contribution in [2.75, 3.05) is 9.62 Å². The summed E-state index contributed by atoms with van der Waals surface area (Å²) >= 11 is -2.20. The lowest BCUT2D eigenvalue weighted by atomic mass is 10.2. The van der Waals surface area contributed by atoms with Gasteiger partial charge in [-0.05, 0) is 12.1 Å². The van der Waals surface area contributed by atoms with Crippen molar-refractivity contribution < 1.29 is 27.8 Å². The molecule has 0 spiro atoms. The molecule has 26 heavy (non-hydrogen) atoms. The van der Waals surface area contributed by atoms with E-state index >= 15 is 0 Å². The van der Waals surface area contributed by atoms with Gasteiger partial charge in [-0.1, -0.05) is 0 Å². The van der Waals surface area contributed by atoms with Crippen molar-refractivity contribution in [3.63, 3.8) is 0 Å². The molecule has 0 aliphatic carbocycles. The van der Waals surface area contributed by atoms with Crippen LogP contribution in [0, 0.1) is 11.2 Å². The first-order valence-corrected chi connectivity index (χ1v) is 8.60. The fraction of sp³-hybridized carbons (Fsp3) is 0.0769. The number of halogens is 1. The molecule has 13 heteroatoms. The second-order valence-corrected chi connectivity index (χ2v) is 6.37. The van der Waals surface area contributed by atoms with Crippen LogP contribution in [0.25, 0.3) is 0 Å².